The smallest absolute Gasteiger partial charge is 0.156 e. The van der Waals surface area contributed by atoms with Gasteiger partial charge in [0.1, 0.15) is 11.8 Å². The fourth-order valence-corrected chi connectivity index (χ4v) is 3.70. The minimum absolute atomic E-state index is 0.410. The van der Waals surface area contributed by atoms with Crippen LogP contribution in [0, 0.1) is 6.92 Å². The van der Waals surface area contributed by atoms with Gasteiger partial charge in [-0.3, -0.25) is 0 Å². The minimum Gasteiger partial charge on any atom is -0.351 e. The molecule has 0 aromatic carbocycles. The fourth-order valence-electron chi connectivity index (χ4n) is 3.70. The number of hydrogen-bond donors (Lipinski definition) is 0. The van der Waals surface area contributed by atoms with E-state index in [9.17, 15) is 0 Å². The van der Waals surface area contributed by atoms with Crippen molar-refractivity contribution >= 4 is 22.7 Å². The number of aromatic nitrogens is 5. The van der Waals surface area contributed by atoms with Crippen molar-refractivity contribution in [2.45, 2.75) is 31.7 Å². The number of aryl methyl sites for hydroxylation is 2. The van der Waals surface area contributed by atoms with Crippen molar-refractivity contribution in [2.24, 2.45) is 7.05 Å². The molecule has 0 N–H and O–H groups in total. The Kier molecular flexibility index (Phi) is 3.38. The molecule has 3 aromatic rings. The zero-order valence-electron chi connectivity index (χ0n) is 15.4. The summed E-state index contributed by atoms with van der Waals surface area (Å²) in [5.74, 6) is 2.62. The third-order valence-corrected chi connectivity index (χ3v) is 5.78. The highest BCUT2D eigenvalue weighted by Crippen LogP contribution is 2.39. The first-order valence-corrected chi connectivity index (χ1v) is 9.20. The van der Waals surface area contributed by atoms with E-state index in [-0.39, 0.29) is 0 Å². The van der Waals surface area contributed by atoms with Gasteiger partial charge in [-0.15, -0.1) is 5.10 Å². The van der Waals surface area contributed by atoms with E-state index in [0.717, 1.165) is 41.5 Å². The van der Waals surface area contributed by atoms with Gasteiger partial charge in [-0.2, -0.15) is 5.10 Å². The van der Waals surface area contributed by atoms with Gasteiger partial charge in [0.2, 0.25) is 0 Å². The van der Waals surface area contributed by atoms with Crippen molar-refractivity contribution in [2.75, 3.05) is 29.9 Å². The minimum atomic E-state index is 0.410. The first kappa shape index (κ1) is 15.5. The Morgan fingerprint density at radius 2 is 1.92 bits per heavy atom. The molecule has 7 heteroatoms. The van der Waals surface area contributed by atoms with E-state index >= 15 is 0 Å². The molecule has 3 aromatic heterocycles. The van der Waals surface area contributed by atoms with Crippen LogP contribution in [-0.4, -0.2) is 50.9 Å². The van der Waals surface area contributed by atoms with Crippen LogP contribution in [0.25, 0.3) is 11.0 Å². The van der Waals surface area contributed by atoms with Gasteiger partial charge in [-0.05, 0) is 38.0 Å². The molecule has 0 radical (unpaired) electrons. The van der Waals surface area contributed by atoms with Gasteiger partial charge in [0.15, 0.2) is 11.6 Å². The van der Waals surface area contributed by atoms with E-state index in [2.05, 4.69) is 73.8 Å². The molecule has 5 rings (SSSR count). The van der Waals surface area contributed by atoms with Crippen molar-refractivity contribution in [1.29, 1.82) is 0 Å². The predicted octanol–water partition coefficient (Wildman–Crippen LogP) is 2.27. The highest BCUT2D eigenvalue weighted by molar-refractivity contribution is 5.87. The zero-order valence-corrected chi connectivity index (χ0v) is 15.4. The summed E-state index contributed by atoms with van der Waals surface area (Å²) >= 11 is 0. The normalized spacial score (nSPS) is 17.6. The van der Waals surface area contributed by atoms with Gasteiger partial charge < -0.3 is 14.4 Å². The lowest BCUT2D eigenvalue weighted by molar-refractivity contribution is 0.488. The number of likely N-dealkylation sites (N-methyl/N-ethyl adjacent to an activating group) is 1. The van der Waals surface area contributed by atoms with Crippen LogP contribution in [0.15, 0.2) is 24.5 Å². The number of rotatable bonds is 4. The molecule has 2 fully saturated rings. The van der Waals surface area contributed by atoms with Crippen LogP contribution >= 0.6 is 0 Å². The van der Waals surface area contributed by atoms with E-state index in [1.807, 2.05) is 0 Å². The second-order valence-electron chi connectivity index (χ2n) is 7.54. The maximum atomic E-state index is 4.57. The Labute approximate surface area is 152 Å². The lowest BCUT2D eigenvalue weighted by atomic mass is 10.1. The van der Waals surface area contributed by atoms with Crippen LogP contribution in [0.3, 0.4) is 0 Å². The topological polar surface area (TPSA) is 63.0 Å². The molecule has 7 nitrogen and oxygen atoms in total. The molecular formula is C19H23N7. The van der Waals surface area contributed by atoms with Gasteiger partial charge >= 0.3 is 0 Å². The van der Waals surface area contributed by atoms with Crippen LogP contribution in [0.1, 0.15) is 30.1 Å². The van der Waals surface area contributed by atoms with Crippen LogP contribution in [0.5, 0.6) is 0 Å². The second-order valence-corrected chi connectivity index (χ2v) is 7.54. The number of nitrogens with zero attached hydrogens (tertiary/aromatic N) is 7. The summed E-state index contributed by atoms with van der Waals surface area (Å²) in [6.45, 7) is 3.96. The fraction of sp³-hybridized carbons (Fsp3) is 0.474. The van der Waals surface area contributed by atoms with Crippen molar-refractivity contribution in [3.8, 4) is 0 Å². The van der Waals surface area contributed by atoms with Gasteiger partial charge in [0, 0.05) is 38.8 Å². The third-order valence-electron chi connectivity index (χ3n) is 5.78. The van der Waals surface area contributed by atoms with Crippen molar-refractivity contribution < 1.29 is 0 Å². The molecule has 0 bridgehead atoms. The molecule has 26 heavy (non-hydrogen) atoms. The van der Waals surface area contributed by atoms with Crippen LogP contribution in [0.4, 0.5) is 11.6 Å². The zero-order chi connectivity index (χ0) is 17.8. The highest BCUT2D eigenvalue weighted by Gasteiger charge is 2.33. The molecule has 0 amide bonds. The third kappa shape index (κ3) is 2.41. The standard InChI is InChI=1S/C19H23N7/c1-12-8-16-18(24(12)2)19(21-11-20-16)25(3)14-9-26(10-14)17-7-6-15(22-23-17)13-4-5-13/h6-8,11,13-14H,4-5,9-10H2,1-3H3. The Morgan fingerprint density at radius 1 is 1.12 bits per heavy atom. The maximum absolute atomic E-state index is 4.57. The maximum Gasteiger partial charge on any atom is 0.156 e. The monoisotopic (exact) mass is 349 g/mol. The van der Waals surface area contributed by atoms with Crippen molar-refractivity contribution in [3.05, 3.63) is 35.9 Å². The summed E-state index contributed by atoms with van der Waals surface area (Å²) in [6.07, 6.45) is 4.18. The molecule has 2 aliphatic rings. The summed E-state index contributed by atoms with van der Waals surface area (Å²) < 4.78 is 2.17. The number of anilines is 2. The Morgan fingerprint density at radius 3 is 2.62 bits per heavy atom. The SMILES string of the molecule is Cc1cc2ncnc(N(C)C3CN(c4ccc(C5CC5)nn4)C3)c2n1C. The number of fused-ring (bicyclic) bond motifs is 1. The Balaban J connectivity index is 1.33. The Hall–Kier alpha value is -2.70. The summed E-state index contributed by atoms with van der Waals surface area (Å²) in [4.78, 5) is 13.5. The average Bonchev–Trinajstić information content (AvgIpc) is 3.41. The largest absolute Gasteiger partial charge is 0.351 e. The van der Waals surface area contributed by atoms with Crippen molar-refractivity contribution in [3.63, 3.8) is 0 Å². The summed E-state index contributed by atoms with van der Waals surface area (Å²) in [7, 11) is 4.19. The summed E-state index contributed by atoms with van der Waals surface area (Å²) in [5, 5.41) is 8.82. The first-order chi connectivity index (χ1) is 12.6. The van der Waals surface area contributed by atoms with Crippen LogP contribution in [0.2, 0.25) is 0 Å². The van der Waals surface area contributed by atoms with Gasteiger partial charge in [0.05, 0.1) is 17.3 Å². The number of hydrogen-bond acceptors (Lipinski definition) is 6. The molecule has 0 unspecified atom stereocenters. The quantitative estimate of drug-likeness (QED) is 0.720. The molecule has 0 atom stereocenters. The molecule has 1 aliphatic carbocycles. The lowest BCUT2D eigenvalue weighted by Gasteiger charge is -2.44. The second kappa shape index (κ2) is 5.65. The molecule has 1 saturated heterocycles. The molecule has 1 aliphatic heterocycles. The average molecular weight is 349 g/mol. The Bertz CT molecular complexity index is 952. The van der Waals surface area contributed by atoms with Crippen LogP contribution in [-0.2, 0) is 7.05 Å². The predicted molar refractivity (Wildman–Crippen MR) is 102 cm³/mol. The molecular weight excluding hydrogens is 326 g/mol. The molecule has 4 heterocycles. The van der Waals surface area contributed by atoms with Crippen molar-refractivity contribution in [1.82, 2.24) is 24.7 Å². The molecule has 1 saturated carbocycles. The van der Waals surface area contributed by atoms with E-state index in [1.165, 1.54) is 18.5 Å². The van der Waals surface area contributed by atoms with Gasteiger partial charge in [0.25, 0.3) is 0 Å². The molecule has 134 valence electrons. The van der Waals surface area contributed by atoms with E-state index < -0.39 is 0 Å². The molecule has 0 spiro atoms. The highest BCUT2D eigenvalue weighted by atomic mass is 15.4. The summed E-state index contributed by atoms with van der Waals surface area (Å²) in [5.41, 5.74) is 4.43. The first-order valence-electron chi connectivity index (χ1n) is 9.20. The van der Waals surface area contributed by atoms with E-state index in [1.54, 1.807) is 6.33 Å². The summed E-state index contributed by atoms with van der Waals surface area (Å²) in [6, 6.07) is 6.77. The van der Waals surface area contributed by atoms with E-state index in [4.69, 9.17) is 0 Å². The van der Waals surface area contributed by atoms with E-state index in [0.29, 0.717) is 12.0 Å². The van der Waals surface area contributed by atoms with Crippen LogP contribution < -0.4 is 9.80 Å². The lowest BCUT2D eigenvalue weighted by Crippen LogP contribution is -2.59. The van der Waals surface area contributed by atoms with Gasteiger partial charge in [-0.25, -0.2) is 9.97 Å². The van der Waals surface area contributed by atoms with Gasteiger partial charge in [-0.1, -0.05) is 0 Å².